The zero-order chi connectivity index (χ0) is 12.5. The summed E-state index contributed by atoms with van der Waals surface area (Å²) < 4.78 is 0. The van der Waals surface area contributed by atoms with Gasteiger partial charge in [-0.25, -0.2) is 0 Å². The van der Waals surface area contributed by atoms with E-state index in [0.29, 0.717) is 0 Å². The lowest BCUT2D eigenvalue weighted by Gasteiger charge is -2.30. The van der Waals surface area contributed by atoms with Gasteiger partial charge in [-0.1, -0.05) is 26.2 Å². The predicted octanol–water partition coefficient (Wildman–Crippen LogP) is 2.84. The molecular weight excluding hydrogens is 228 g/mol. The highest BCUT2D eigenvalue weighted by molar-refractivity contribution is 7.99. The van der Waals surface area contributed by atoms with Gasteiger partial charge in [0.15, 0.2) is 0 Å². The Morgan fingerprint density at radius 2 is 1.94 bits per heavy atom. The molecule has 1 aliphatic rings. The monoisotopic (exact) mass is 258 g/mol. The molecule has 0 aromatic rings. The third-order valence-electron chi connectivity index (χ3n) is 3.67. The van der Waals surface area contributed by atoms with Gasteiger partial charge in [0.1, 0.15) is 0 Å². The molecule has 102 valence electrons. The normalized spacial score (nSPS) is 19.8. The second kappa shape index (κ2) is 9.23. The van der Waals surface area contributed by atoms with Gasteiger partial charge in [-0.3, -0.25) is 0 Å². The molecule has 1 unspecified atom stereocenters. The summed E-state index contributed by atoms with van der Waals surface area (Å²) in [6.07, 6.45) is 7.27. The van der Waals surface area contributed by atoms with Crippen molar-refractivity contribution < 1.29 is 0 Å². The summed E-state index contributed by atoms with van der Waals surface area (Å²) in [5.74, 6) is 3.50. The van der Waals surface area contributed by atoms with Crippen LogP contribution >= 0.6 is 11.8 Å². The number of nitrogens with zero attached hydrogens (tertiary/aromatic N) is 1. The van der Waals surface area contributed by atoms with E-state index in [9.17, 15) is 0 Å². The molecule has 0 amide bonds. The van der Waals surface area contributed by atoms with E-state index >= 15 is 0 Å². The Kier molecular flexibility index (Phi) is 8.33. The first kappa shape index (κ1) is 15.3. The highest BCUT2D eigenvalue weighted by atomic mass is 32.2. The molecule has 1 saturated carbocycles. The lowest BCUT2D eigenvalue weighted by molar-refractivity contribution is 0.288. The Morgan fingerprint density at radius 1 is 1.24 bits per heavy atom. The molecule has 0 bridgehead atoms. The molecule has 1 fully saturated rings. The molecule has 2 nitrogen and oxygen atoms in total. The summed E-state index contributed by atoms with van der Waals surface area (Å²) in [5.41, 5.74) is 0. The Hall–Kier alpha value is 0.270. The summed E-state index contributed by atoms with van der Waals surface area (Å²) in [6, 6.07) is 0.757. The molecule has 0 radical (unpaired) electrons. The van der Waals surface area contributed by atoms with Crippen LogP contribution in [0, 0.1) is 5.92 Å². The van der Waals surface area contributed by atoms with Gasteiger partial charge in [-0.2, -0.15) is 11.8 Å². The van der Waals surface area contributed by atoms with Crippen molar-refractivity contribution in [1.82, 2.24) is 10.2 Å². The fraction of sp³-hybridized carbons (Fsp3) is 1.00. The van der Waals surface area contributed by atoms with Gasteiger partial charge >= 0.3 is 0 Å². The second-order valence-corrected chi connectivity index (χ2v) is 6.59. The zero-order valence-corrected chi connectivity index (χ0v) is 12.7. The maximum atomic E-state index is 3.71. The summed E-state index contributed by atoms with van der Waals surface area (Å²) in [6.45, 7) is 4.56. The third kappa shape index (κ3) is 6.68. The van der Waals surface area contributed by atoms with Crippen molar-refractivity contribution in [1.29, 1.82) is 0 Å². The average molecular weight is 258 g/mol. The van der Waals surface area contributed by atoms with Crippen LogP contribution in [0.1, 0.15) is 39.0 Å². The van der Waals surface area contributed by atoms with Gasteiger partial charge in [0.2, 0.25) is 0 Å². The lowest BCUT2D eigenvalue weighted by atomic mass is 9.84. The fourth-order valence-electron chi connectivity index (χ4n) is 2.62. The number of rotatable bonds is 8. The molecule has 0 aromatic carbocycles. The molecule has 1 aliphatic carbocycles. The van der Waals surface area contributed by atoms with Crippen molar-refractivity contribution in [2.75, 3.05) is 38.7 Å². The summed E-state index contributed by atoms with van der Waals surface area (Å²) in [5, 5.41) is 3.71. The Bertz CT molecular complexity index is 179. The predicted molar refractivity (Wildman–Crippen MR) is 79.9 cm³/mol. The fourth-order valence-corrected chi connectivity index (χ4v) is 3.92. The smallest absolute Gasteiger partial charge is 0.0186 e. The first-order chi connectivity index (χ1) is 8.24. The minimum atomic E-state index is 0.757. The molecule has 0 aliphatic heterocycles. The molecule has 1 rings (SSSR count). The van der Waals surface area contributed by atoms with Crippen LogP contribution < -0.4 is 5.32 Å². The van der Waals surface area contributed by atoms with Crippen molar-refractivity contribution in [2.45, 2.75) is 45.1 Å². The standard InChI is InChI=1S/C14H30N2S/c1-4-15-14(12-17-11-10-16(2)3)13-8-6-5-7-9-13/h13-15H,4-12H2,1-3H3. The SMILES string of the molecule is CCNC(CSCCN(C)C)C1CCCCC1. The van der Waals surface area contributed by atoms with Crippen molar-refractivity contribution in [3.8, 4) is 0 Å². The average Bonchev–Trinajstić information content (AvgIpc) is 2.34. The minimum absolute atomic E-state index is 0.757. The van der Waals surface area contributed by atoms with Gasteiger partial charge < -0.3 is 10.2 Å². The van der Waals surface area contributed by atoms with Crippen LogP contribution in [-0.4, -0.2) is 49.6 Å². The van der Waals surface area contributed by atoms with E-state index in [1.54, 1.807) is 0 Å². The lowest BCUT2D eigenvalue weighted by Crippen LogP contribution is -2.39. The van der Waals surface area contributed by atoms with Crippen LogP contribution in [0.15, 0.2) is 0 Å². The van der Waals surface area contributed by atoms with Gasteiger partial charge in [-0.05, 0) is 39.4 Å². The molecule has 1 N–H and O–H groups in total. The largest absolute Gasteiger partial charge is 0.313 e. The number of nitrogens with one attached hydrogen (secondary N) is 1. The molecule has 0 aromatic heterocycles. The summed E-state index contributed by atoms with van der Waals surface area (Å²) in [4.78, 5) is 2.27. The quantitative estimate of drug-likeness (QED) is 0.674. The van der Waals surface area contributed by atoms with Crippen LogP contribution in [-0.2, 0) is 0 Å². The zero-order valence-electron chi connectivity index (χ0n) is 11.9. The Labute approximate surface area is 112 Å². The maximum Gasteiger partial charge on any atom is 0.0186 e. The molecule has 17 heavy (non-hydrogen) atoms. The highest BCUT2D eigenvalue weighted by Gasteiger charge is 2.22. The Morgan fingerprint density at radius 3 is 2.53 bits per heavy atom. The van der Waals surface area contributed by atoms with E-state index in [1.165, 1.54) is 50.2 Å². The van der Waals surface area contributed by atoms with E-state index < -0.39 is 0 Å². The van der Waals surface area contributed by atoms with E-state index in [1.807, 2.05) is 0 Å². The van der Waals surface area contributed by atoms with E-state index in [-0.39, 0.29) is 0 Å². The van der Waals surface area contributed by atoms with E-state index in [4.69, 9.17) is 0 Å². The molecular formula is C14H30N2S. The first-order valence-corrected chi connectivity index (χ1v) is 8.35. The first-order valence-electron chi connectivity index (χ1n) is 7.20. The van der Waals surface area contributed by atoms with Crippen molar-refractivity contribution in [2.24, 2.45) is 5.92 Å². The number of thioether (sulfide) groups is 1. The maximum absolute atomic E-state index is 3.71. The molecule has 3 heteroatoms. The number of hydrogen-bond acceptors (Lipinski definition) is 3. The van der Waals surface area contributed by atoms with Crippen LogP contribution in [0.3, 0.4) is 0 Å². The van der Waals surface area contributed by atoms with Gasteiger partial charge in [-0.15, -0.1) is 0 Å². The molecule has 0 saturated heterocycles. The Balaban J connectivity index is 2.21. The molecule has 0 heterocycles. The van der Waals surface area contributed by atoms with E-state index in [2.05, 4.69) is 43.0 Å². The van der Waals surface area contributed by atoms with Crippen molar-refractivity contribution >= 4 is 11.8 Å². The van der Waals surface area contributed by atoms with Crippen LogP contribution in [0.5, 0.6) is 0 Å². The topological polar surface area (TPSA) is 15.3 Å². The van der Waals surface area contributed by atoms with Gasteiger partial charge in [0.25, 0.3) is 0 Å². The minimum Gasteiger partial charge on any atom is -0.313 e. The third-order valence-corrected chi connectivity index (χ3v) is 4.73. The molecule has 1 atom stereocenters. The van der Waals surface area contributed by atoms with E-state index in [0.717, 1.165) is 18.5 Å². The van der Waals surface area contributed by atoms with Gasteiger partial charge in [0.05, 0.1) is 0 Å². The van der Waals surface area contributed by atoms with Crippen LogP contribution in [0.25, 0.3) is 0 Å². The number of hydrogen-bond donors (Lipinski definition) is 1. The molecule has 0 spiro atoms. The highest BCUT2D eigenvalue weighted by Crippen LogP contribution is 2.27. The van der Waals surface area contributed by atoms with Crippen LogP contribution in [0.2, 0.25) is 0 Å². The summed E-state index contributed by atoms with van der Waals surface area (Å²) >= 11 is 2.12. The second-order valence-electron chi connectivity index (χ2n) is 5.44. The summed E-state index contributed by atoms with van der Waals surface area (Å²) in [7, 11) is 4.31. The van der Waals surface area contributed by atoms with Crippen molar-refractivity contribution in [3.63, 3.8) is 0 Å². The van der Waals surface area contributed by atoms with Crippen molar-refractivity contribution in [3.05, 3.63) is 0 Å². The van der Waals surface area contributed by atoms with Crippen LogP contribution in [0.4, 0.5) is 0 Å². The van der Waals surface area contributed by atoms with Gasteiger partial charge in [0, 0.05) is 24.1 Å².